The van der Waals surface area contributed by atoms with Crippen molar-refractivity contribution in [3.05, 3.63) is 47.5 Å². The van der Waals surface area contributed by atoms with Crippen molar-refractivity contribution in [2.75, 3.05) is 11.5 Å². The zero-order valence-electron chi connectivity index (χ0n) is 11.7. The molecule has 0 aliphatic carbocycles. The second-order valence-corrected chi connectivity index (χ2v) is 4.89. The summed E-state index contributed by atoms with van der Waals surface area (Å²) in [7, 11) is 0. The highest BCUT2D eigenvalue weighted by Gasteiger charge is 2.11. The van der Waals surface area contributed by atoms with Gasteiger partial charge in [-0.2, -0.15) is 0 Å². The maximum atomic E-state index is 6.13. The molecule has 2 heteroatoms. The molecule has 0 bridgehead atoms. The largest absolute Gasteiger partial charge is 0.399 e. The molecule has 0 aliphatic rings. The van der Waals surface area contributed by atoms with Gasteiger partial charge in [0.1, 0.15) is 0 Å². The van der Waals surface area contributed by atoms with E-state index in [0.29, 0.717) is 0 Å². The lowest BCUT2D eigenvalue weighted by atomic mass is 9.90. The monoisotopic (exact) mass is 254 g/mol. The van der Waals surface area contributed by atoms with Crippen LogP contribution in [-0.2, 0) is 12.8 Å². The Bertz CT molecular complexity index is 556. The van der Waals surface area contributed by atoms with E-state index in [9.17, 15) is 0 Å². The third kappa shape index (κ3) is 2.73. The van der Waals surface area contributed by atoms with Crippen LogP contribution in [0.2, 0.25) is 0 Å². The molecular weight excluding hydrogens is 232 g/mol. The SMILES string of the molecule is CCCc1c(N)ccc(-c2ccc(N)cc2)c1CC. The van der Waals surface area contributed by atoms with Gasteiger partial charge in [-0.25, -0.2) is 0 Å². The molecule has 0 unspecified atom stereocenters. The molecule has 2 rings (SSSR count). The number of hydrogen-bond donors (Lipinski definition) is 2. The summed E-state index contributed by atoms with van der Waals surface area (Å²) in [6.07, 6.45) is 3.15. The predicted molar refractivity (Wildman–Crippen MR) is 84.1 cm³/mol. The van der Waals surface area contributed by atoms with Crippen molar-refractivity contribution < 1.29 is 0 Å². The molecule has 4 N–H and O–H groups in total. The van der Waals surface area contributed by atoms with Crippen LogP contribution in [0.15, 0.2) is 36.4 Å². The fraction of sp³-hybridized carbons (Fsp3) is 0.294. The molecular formula is C17H22N2. The van der Waals surface area contributed by atoms with E-state index in [1.54, 1.807) is 0 Å². The number of hydrogen-bond acceptors (Lipinski definition) is 2. The first-order valence-corrected chi connectivity index (χ1v) is 6.93. The van der Waals surface area contributed by atoms with Gasteiger partial charge in [-0.1, -0.05) is 38.5 Å². The van der Waals surface area contributed by atoms with Crippen LogP contribution >= 0.6 is 0 Å². The molecule has 0 saturated heterocycles. The van der Waals surface area contributed by atoms with Crippen LogP contribution in [0.1, 0.15) is 31.4 Å². The van der Waals surface area contributed by atoms with E-state index in [2.05, 4.69) is 32.0 Å². The zero-order chi connectivity index (χ0) is 13.8. The first kappa shape index (κ1) is 13.5. The molecule has 0 amide bonds. The molecule has 0 spiro atoms. The Kier molecular flexibility index (Phi) is 4.10. The van der Waals surface area contributed by atoms with Gasteiger partial charge in [0, 0.05) is 11.4 Å². The van der Waals surface area contributed by atoms with Crippen LogP contribution < -0.4 is 11.5 Å². The minimum Gasteiger partial charge on any atom is -0.399 e. The maximum absolute atomic E-state index is 6.13. The summed E-state index contributed by atoms with van der Waals surface area (Å²) in [4.78, 5) is 0. The summed E-state index contributed by atoms with van der Waals surface area (Å²) in [6.45, 7) is 4.38. The number of anilines is 2. The van der Waals surface area contributed by atoms with E-state index in [0.717, 1.165) is 30.6 Å². The van der Waals surface area contributed by atoms with Crippen molar-refractivity contribution in [2.45, 2.75) is 33.1 Å². The van der Waals surface area contributed by atoms with E-state index < -0.39 is 0 Å². The first-order valence-electron chi connectivity index (χ1n) is 6.93. The minimum absolute atomic E-state index is 0.797. The average Bonchev–Trinajstić information content (AvgIpc) is 2.42. The average molecular weight is 254 g/mol. The van der Waals surface area contributed by atoms with Crippen LogP contribution in [-0.4, -0.2) is 0 Å². The van der Waals surface area contributed by atoms with Gasteiger partial charge in [0.25, 0.3) is 0 Å². The lowest BCUT2D eigenvalue weighted by Crippen LogP contribution is -2.02. The van der Waals surface area contributed by atoms with E-state index in [-0.39, 0.29) is 0 Å². The lowest BCUT2D eigenvalue weighted by Gasteiger charge is -2.16. The Hall–Kier alpha value is -1.96. The highest BCUT2D eigenvalue weighted by molar-refractivity contribution is 5.73. The van der Waals surface area contributed by atoms with Crippen molar-refractivity contribution in [2.24, 2.45) is 0 Å². The van der Waals surface area contributed by atoms with Gasteiger partial charge in [-0.05, 0) is 53.3 Å². The smallest absolute Gasteiger partial charge is 0.0349 e. The van der Waals surface area contributed by atoms with Crippen molar-refractivity contribution in [3.8, 4) is 11.1 Å². The fourth-order valence-corrected chi connectivity index (χ4v) is 2.59. The number of benzene rings is 2. The summed E-state index contributed by atoms with van der Waals surface area (Å²) < 4.78 is 0. The van der Waals surface area contributed by atoms with E-state index >= 15 is 0 Å². The Balaban J connectivity index is 2.57. The molecule has 0 aromatic heterocycles. The Morgan fingerprint density at radius 1 is 0.842 bits per heavy atom. The van der Waals surface area contributed by atoms with Crippen LogP contribution in [0.3, 0.4) is 0 Å². The van der Waals surface area contributed by atoms with Gasteiger partial charge in [0.15, 0.2) is 0 Å². The molecule has 100 valence electrons. The lowest BCUT2D eigenvalue weighted by molar-refractivity contribution is 0.903. The summed E-state index contributed by atoms with van der Waals surface area (Å²) in [6, 6.07) is 12.2. The highest BCUT2D eigenvalue weighted by Crippen LogP contribution is 2.31. The molecule has 0 atom stereocenters. The molecule has 2 aromatic carbocycles. The predicted octanol–water partition coefficient (Wildman–Crippen LogP) is 4.03. The molecule has 2 nitrogen and oxygen atoms in total. The van der Waals surface area contributed by atoms with Crippen LogP contribution in [0.5, 0.6) is 0 Å². The Labute approximate surface area is 115 Å². The number of nitrogens with two attached hydrogens (primary N) is 2. The van der Waals surface area contributed by atoms with E-state index in [1.807, 2.05) is 18.2 Å². The van der Waals surface area contributed by atoms with Crippen LogP contribution in [0.4, 0.5) is 11.4 Å². The molecule has 0 heterocycles. The molecule has 0 radical (unpaired) electrons. The third-order valence-electron chi connectivity index (χ3n) is 3.54. The first-order chi connectivity index (χ1) is 9.17. The number of nitrogen functional groups attached to an aromatic ring is 2. The van der Waals surface area contributed by atoms with E-state index in [1.165, 1.54) is 22.3 Å². The van der Waals surface area contributed by atoms with Gasteiger partial charge in [0.05, 0.1) is 0 Å². The minimum atomic E-state index is 0.797. The topological polar surface area (TPSA) is 52.0 Å². The van der Waals surface area contributed by atoms with E-state index in [4.69, 9.17) is 11.5 Å². The summed E-state index contributed by atoms with van der Waals surface area (Å²) in [5, 5.41) is 0. The van der Waals surface area contributed by atoms with Crippen molar-refractivity contribution in [1.82, 2.24) is 0 Å². The van der Waals surface area contributed by atoms with Gasteiger partial charge in [-0.15, -0.1) is 0 Å². The number of rotatable bonds is 4. The van der Waals surface area contributed by atoms with Crippen molar-refractivity contribution in [3.63, 3.8) is 0 Å². The second kappa shape index (κ2) is 5.79. The zero-order valence-corrected chi connectivity index (χ0v) is 11.7. The quantitative estimate of drug-likeness (QED) is 0.809. The molecule has 0 aliphatic heterocycles. The maximum Gasteiger partial charge on any atom is 0.0349 e. The van der Waals surface area contributed by atoms with Crippen molar-refractivity contribution in [1.29, 1.82) is 0 Å². The standard InChI is InChI=1S/C17H22N2/c1-3-5-16-14(4-2)15(10-11-17(16)19)12-6-8-13(18)9-7-12/h6-11H,3-5,18-19H2,1-2H3. The normalized spacial score (nSPS) is 10.6. The van der Waals surface area contributed by atoms with Gasteiger partial charge in [-0.3, -0.25) is 0 Å². The molecule has 19 heavy (non-hydrogen) atoms. The van der Waals surface area contributed by atoms with Gasteiger partial charge in [0.2, 0.25) is 0 Å². The summed E-state index contributed by atoms with van der Waals surface area (Å²) in [5.74, 6) is 0. The summed E-state index contributed by atoms with van der Waals surface area (Å²) >= 11 is 0. The van der Waals surface area contributed by atoms with Crippen LogP contribution in [0.25, 0.3) is 11.1 Å². The van der Waals surface area contributed by atoms with Crippen molar-refractivity contribution >= 4 is 11.4 Å². The molecule has 0 saturated carbocycles. The fourth-order valence-electron chi connectivity index (χ4n) is 2.59. The molecule has 0 fully saturated rings. The third-order valence-corrected chi connectivity index (χ3v) is 3.54. The highest BCUT2D eigenvalue weighted by atomic mass is 14.6. The van der Waals surface area contributed by atoms with Gasteiger partial charge < -0.3 is 11.5 Å². The second-order valence-electron chi connectivity index (χ2n) is 4.89. The van der Waals surface area contributed by atoms with Gasteiger partial charge >= 0.3 is 0 Å². The summed E-state index contributed by atoms with van der Waals surface area (Å²) in [5.41, 5.74) is 18.8. The van der Waals surface area contributed by atoms with Crippen LogP contribution in [0, 0.1) is 0 Å². The molecule has 2 aromatic rings. The Morgan fingerprint density at radius 3 is 2.11 bits per heavy atom. The Morgan fingerprint density at radius 2 is 1.53 bits per heavy atom.